The first-order valence-corrected chi connectivity index (χ1v) is 10.3. The largest absolute Gasteiger partial charge is 0.495 e. The molecule has 4 rings (SSSR count). The van der Waals surface area contributed by atoms with Gasteiger partial charge in [-0.15, -0.1) is 0 Å². The van der Waals surface area contributed by atoms with Crippen LogP contribution in [0.3, 0.4) is 0 Å². The van der Waals surface area contributed by atoms with Crippen LogP contribution < -0.4 is 4.74 Å². The zero-order valence-electron chi connectivity index (χ0n) is 15.0. The van der Waals surface area contributed by atoms with Crippen molar-refractivity contribution >= 4 is 32.7 Å². The molecule has 1 aliphatic heterocycles. The van der Waals surface area contributed by atoms with Crippen molar-refractivity contribution < 1.29 is 13.2 Å². The van der Waals surface area contributed by atoms with Crippen molar-refractivity contribution in [2.24, 2.45) is 7.05 Å². The van der Waals surface area contributed by atoms with E-state index in [1.807, 2.05) is 17.7 Å². The van der Waals surface area contributed by atoms with E-state index >= 15 is 0 Å². The summed E-state index contributed by atoms with van der Waals surface area (Å²) in [5.41, 5.74) is 1.81. The van der Waals surface area contributed by atoms with Crippen LogP contribution in [0.15, 0.2) is 41.6 Å². The van der Waals surface area contributed by atoms with E-state index in [0.717, 1.165) is 16.9 Å². The van der Waals surface area contributed by atoms with Crippen molar-refractivity contribution in [3.63, 3.8) is 0 Å². The third kappa shape index (κ3) is 3.07. The molecule has 1 aromatic carbocycles. The fourth-order valence-electron chi connectivity index (χ4n) is 3.53. The average molecular weight is 407 g/mol. The number of hydrogen-bond acceptors (Lipinski definition) is 5. The van der Waals surface area contributed by atoms with Crippen LogP contribution in [0, 0.1) is 0 Å². The maximum absolute atomic E-state index is 13.0. The molecule has 1 aliphatic rings. The molecule has 1 unspecified atom stereocenters. The second kappa shape index (κ2) is 6.78. The Labute approximate surface area is 162 Å². The number of hydrogen-bond donors (Lipinski definition) is 0. The minimum Gasteiger partial charge on any atom is -0.495 e. The Balaban J connectivity index is 1.61. The summed E-state index contributed by atoms with van der Waals surface area (Å²) in [5.74, 6) is 1.36. The van der Waals surface area contributed by atoms with Crippen molar-refractivity contribution in [1.82, 2.24) is 18.8 Å². The first-order valence-electron chi connectivity index (χ1n) is 8.52. The van der Waals surface area contributed by atoms with Gasteiger partial charge in [0.05, 0.1) is 34.3 Å². The van der Waals surface area contributed by atoms with Gasteiger partial charge in [-0.3, -0.25) is 4.98 Å². The lowest BCUT2D eigenvalue weighted by Gasteiger charge is -2.17. The zero-order chi connectivity index (χ0) is 19.2. The van der Waals surface area contributed by atoms with Gasteiger partial charge in [0.25, 0.3) is 0 Å². The molecule has 142 valence electrons. The Morgan fingerprint density at radius 3 is 2.81 bits per heavy atom. The summed E-state index contributed by atoms with van der Waals surface area (Å²) in [4.78, 5) is 8.99. The van der Waals surface area contributed by atoms with E-state index in [9.17, 15) is 8.42 Å². The molecule has 0 amide bonds. The number of rotatable bonds is 4. The predicted molar refractivity (Wildman–Crippen MR) is 103 cm³/mol. The SMILES string of the molecule is COc1ccc(S(=O)(=O)N2CCC(c3nc4ccncc4n3C)C2)cc1Cl. The molecular weight excluding hydrogens is 388 g/mol. The maximum atomic E-state index is 13.0. The monoisotopic (exact) mass is 406 g/mol. The molecule has 3 heterocycles. The van der Waals surface area contributed by atoms with Gasteiger partial charge >= 0.3 is 0 Å². The van der Waals surface area contributed by atoms with E-state index < -0.39 is 10.0 Å². The predicted octanol–water partition coefficient (Wildman–Crippen LogP) is 2.81. The first-order chi connectivity index (χ1) is 12.9. The zero-order valence-corrected chi connectivity index (χ0v) is 16.5. The van der Waals surface area contributed by atoms with Crippen LogP contribution in [0.2, 0.25) is 5.02 Å². The number of aromatic nitrogens is 3. The number of ether oxygens (including phenoxy) is 1. The molecule has 0 bridgehead atoms. The minimum absolute atomic E-state index is 0.0332. The Hall–Kier alpha value is -2.16. The normalized spacial score (nSPS) is 18.3. The van der Waals surface area contributed by atoms with Crippen molar-refractivity contribution in [1.29, 1.82) is 0 Å². The molecule has 0 spiro atoms. The van der Waals surface area contributed by atoms with Crippen molar-refractivity contribution in [2.45, 2.75) is 17.2 Å². The molecule has 0 saturated carbocycles. The maximum Gasteiger partial charge on any atom is 0.243 e. The Kier molecular flexibility index (Phi) is 4.57. The van der Waals surface area contributed by atoms with Crippen LogP contribution in [-0.4, -0.2) is 47.5 Å². The number of fused-ring (bicyclic) bond motifs is 1. The van der Waals surface area contributed by atoms with Crippen molar-refractivity contribution in [2.75, 3.05) is 20.2 Å². The number of halogens is 1. The molecular formula is C18H19ClN4O3S. The smallest absolute Gasteiger partial charge is 0.243 e. The number of benzene rings is 1. The van der Waals surface area contributed by atoms with E-state index in [1.54, 1.807) is 18.5 Å². The lowest BCUT2D eigenvalue weighted by molar-refractivity contribution is 0.414. The van der Waals surface area contributed by atoms with Crippen LogP contribution in [0.25, 0.3) is 11.0 Å². The third-order valence-corrected chi connectivity index (χ3v) is 7.15. The van der Waals surface area contributed by atoms with E-state index in [4.69, 9.17) is 16.3 Å². The number of nitrogens with zero attached hydrogens (tertiary/aromatic N) is 4. The summed E-state index contributed by atoms with van der Waals surface area (Å²) >= 11 is 6.11. The van der Waals surface area contributed by atoms with Gasteiger partial charge in [-0.1, -0.05) is 11.6 Å². The van der Waals surface area contributed by atoms with Crippen molar-refractivity contribution in [3.8, 4) is 5.75 Å². The molecule has 27 heavy (non-hydrogen) atoms. The van der Waals surface area contributed by atoms with Crippen LogP contribution in [0.5, 0.6) is 5.75 Å². The lowest BCUT2D eigenvalue weighted by Crippen LogP contribution is -2.29. The number of methoxy groups -OCH3 is 1. The molecule has 0 radical (unpaired) electrons. The number of imidazole rings is 1. The fourth-order valence-corrected chi connectivity index (χ4v) is 5.38. The third-order valence-electron chi connectivity index (χ3n) is 4.99. The second-order valence-corrected chi connectivity index (χ2v) is 8.88. The number of sulfonamides is 1. The number of aryl methyl sites for hydroxylation is 1. The first kappa shape index (κ1) is 18.2. The summed E-state index contributed by atoms with van der Waals surface area (Å²) in [5, 5.41) is 0.275. The highest BCUT2D eigenvalue weighted by molar-refractivity contribution is 7.89. The highest BCUT2D eigenvalue weighted by Crippen LogP contribution is 2.34. The average Bonchev–Trinajstić information content (AvgIpc) is 3.27. The van der Waals surface area contributed by atoms with E-state index in [0.29, 0.717) is 25.3 Å². The van der Waals surface area contributed by atoms with Gasteiger partial charge in [0.15, 0.2) is 0 Å². The molecule has 9 heteroatoms. The molecule has 1 saturated heterocycles. The molecule has 0 N–H and O–H groups in total. The van der Waals surface area contributed by atoms with Gasteiger partial charge in [0.2, 0.25) is 10.0 Å². The summed E-state index contributed by atoms with van der Waals surface area (Å²) in [6, 6.07) is 6.39. The summed E-state index contributed by atoms with van der Waals surface area (Å²) in [6.45, 7) is 0.828. The topological polar surface area (TPSA) is 77.3 Å². The molecule has 3 aromatic rings. The van der Waals surface area contributed by atoms with Gasteiger partial charge in [0.1, 0.15) is 11.6 Å². The summed E-state index contributed by atoms with van der Waals surface area (Å²) in [6.07, 6.45) is 4.19. The second-order valence-electron chi connectivity index (χ2n) is 6.54. The Bertz CT molecular complexity index is 1110. The van der Waals surface area contributed by atoms with Gasteiger partial charge in [-0.25, -0.2) is 13.4 Å². The van der Waals surface area contributed by atoms with E-state index in [1.165, 1.54) is 23.5 Å². The quantitative estimate of drug-likeness (QED) is 0.665. The molecule has 1 fully saturated rings. The molecule has 0 aliphatic carbocycles. The van der Waals surface area contributed by atoms with Gasteiger partial charge < -0.3 is 9.30 Å². The van der Waals surface area contributed by atoms with Gasteiger partial charge in [-0.05, 0) is 30.7 Å². The van der Waals surface area contributed by atoms with E-state index in [2.05, 4.69) is 9.97 Å². The van der Waals surface area contributed by atoms with Crippen LogP contribution in [0.1, 0.15) is 18.2 Å². The highest BCUT2D eigenvalue weighted by Gasteiger charge is 2.35. The fraction of sp³-hybridized carbons (Fsp3) is 0.333. The van der Waals surface area contributed by atoms with Crippen LogP contribution in [-0.2, 0) is 17.1 Å². The van der Waals surface area contributed by atoms with Crippen molar-refractivity contribution in [3.05, 3.63) is 47.5 Å². The number of pyridine rings is 1. The van der Waals surface area contributed by atoms with Gasteiger partial charge in [0, 0.05) is 32.3 Å². The summed E-state index contributed by atoms with van der Waals surface area (Å²) in [7, 11) is -0.196. The van der Waals surface area contributed by atoms with Crippen LogP contribution in [0.4, 0.5) is 0 Å². The standard InChI is InChI=1S/C18H19ClN4O3S/c1-22-16-10-20-7-5-15(16)21-18(22)12-6-8-23(11-12)27(24,25)13-3-4-17(26-2)14(19)9-13/h3-5,7,9-10,12H,6,8,11H2,1-2H3. The minimum atomic E-state index is -3.63. The molecule has 1 atom stereocenters. The molecule has 7 nitrogen and oxygen atoms in total. The molecule has 2 aromatic heterocycles. The highest BCUT2D eigenvalue weighted by atomic mass is 35.5. The van der Waals surface area contributed by atoms with Crippen LogP contribution >= 0.6 is 11.6 Å². The summed E-state index contributed by atoms with van der Waals surface area (Å²) < 4.78 is 34.6. The lowest BCUT2D eigenvalue weighted by atomic mass is 10.1. The Morgan fingerprint density at radius 1 is 1.30 bits per heavy atom. The van der Waals surface area contributed by atoms with E-state index in [-0.39, 0.29) is 15.8 Å². The Morgan fingerprint density at radius 2 is 2.11 bits per heavy atom. The van der Waals surface area contributed by atoms with Gasteiger partial charge in [-0.2, -0.15) is 4.31 Å².